The molecule has 0 aliphatic carbocycles. The Hall–Kier alpha value is -0.830. The maximum Gasteiger partial charge on any atom is 0.352 e. The third-order valence-corrected chi connectivity index (χ3v) is 1.10. The Labute approximate surface area is 54.4 Å². The smallest absolute Gasteiger partial charge is 0.352 e. The molecule has 0 spiro atoms. The summed E-state index contributed by atoms with van der Waals surface area (Å²) in [6, 6.07) is 0. The van der Waals surface area contributed by atoms with Gasteiger partial charge in [0.15, 0.2) is 0 Å². The molecule has 0 unspecified atom stereocenters. The molecule has 3 heteroatoms. The number of allylic oxidation sites excluding steroid dienone is 1. The maximum atomic E-state index is 10.6. The lowest BCUT2D eigenvalue weighted by atomic mass is 10.2. The third-order valence-electron chi connectivity index (χ3n) is 1.10. The first-order valence-corrected chi connectivity index (χ1v) is 2.82. The number of hydrogen-bond acceptors (Lipinski definition) is 3. The van der Waals surface area contributed by atoms with Gasteiger partial charge in [-0.1, -0.05) is 13.0 Å². The zero-order valence-electron chi connectivity index (χ0n) is 5.68. The first-order valence-electron chi connectivity index (χ1n) is 2.82. The fourth-order valence-electron chi connectivity index (χ4n) is 0.542. The highest BCUT2D eigenvalue weighted by atomic mass is 16.7. The molecule has 0 aliphatic heterocycles. The Balaban J connectivity index is 3.97. The Morgan fingerprint density at radius 2 is 2.33 bits per heavy atom. The molecule has 0 aromatic rings. The summed E-state index contributed by atoms with van der Waals surface area (Å²) < 4.78 is 0. The Morgan fingerprint density at radius 1 is 1.78 bits per heavy atom. The average Bonchev–Trinajstić information content (AvgIpc) is 1.90. The van der Waals surface area contributed by atoms with Crippen molar-refractivity contribution in [2.75, 3.05) is 0 Å². The van der Waals surface area contributed by atoms with Crippen LogP contribution < -0.4 is 5.90 Å². The van der Waals surface area contributed by atoms with E-state index in [1.165, 1.54) is 0 Å². The number of rotatable bonds is 2. The van der Waals surface area contributed by atoms with Crippen LogP contribution in [0.15, 0.2) is 11.6 Å². The van der Waals surface area contributed by atoms with Gasteiger partial charge in [-0.05, 0) is 13.3 Å². The fraction of sp³-hybridized carbons (Fsp3) is 0.500. The fourth-order valence-corrected chi connectivity index (χ4v) is 0.542. The molecule has 0 aromatic carbocycles. The highest BCUT2D eigenvalue weighted by Crippen LogP contribution is 2.00. The highest BCUT2D eigenvalue weighted by molar-refractivity contribution is 5.87. The van der Waals surface area contributed by atoms with Gasteiger partial charge >= 0.3 is 5.97 Å². The second kappa shape index (κ2) is 4.09. The van der Waals surface area contributed by atoms with Crippen molar-refractivity contribution in [2.45, 2.75) is 20.3 Å². The highest BCUT2D eigenvalue weighted by Gasteiger charge is 2.04. The third kappa shape index (κ3) is 2.28. The maximum absolute atomic E-state index is 10.6. The van der Waals surface area contributed by atoms with E-state index in [-0.39, 0.29) is 0 Å². The summed E-state index contributed by atoms with van der Waals surface area (Å²) in [5, 5.41) is 0. The molecule has 0 fully saturated rings. The number of hydrogen-bond donors (Lipinski definition) is 1. The molecule has 0 saturated heterocycles. The van der Waals surface area contributed by atoms with E-state index in [4.69, 9.17) is 0 Å². The Morgan fingerprint density at radius 3 is 2.44 bits per heavy atom. The summed E-state index contributed by atoms with van der Waals surface area (Å²) in [6.45, 7) is 3.64. The molecule has 0 bridgehead atoms. The van der Waals surface area contributed by atoms with E-state index in [9.17, 15) is 4.79 Å². The van der Waals surface area contributed by atoms with Crippen LogP contribution in [0.2, 0.25) is 0 Å². The lowest BCUT2D eigenvalue weighted by Gasteiger charge is -1.97. The zero-order chi connectivity index (χ0) is 7.28. The van der Waals surface area contributed by atoms with E-state index < -0.39 is 5.97 Å². The minimum Gasteiger partial charge on any atom is -0.370 e. The second-order valence-corrected chi connectivity index (χ2v) is 1.57. The van der Waals surface area contributed by atoms with Crippen molar-refractivity contribution in [3.8, 4) is 0 Å². The topological polar surface area (TPSA) is 52.3 Å². The van der Waals surface area contributed by atoms with Crippen LogP contribution in [0.25, 0.3) is 0 Å². The lowest BCUT2D eigenvalue weighted by Crippen LogP contribution is -2.11. The van der Waals surface area contributed by atoms with E-state index >= 15 is 0 Å². The van der Waals surface area contributed by atoms with Gasteiger partial charge in [0.1, 0.15) is 0 Å². The molecule has 9 heavy (non-hydrogen) atoms. The molecule has 0 aliphatic rings. The summed E-state index contributed by atoms with van der Waals surface area (Å²) in [4.78, 5) is 14.5. The van der Waals surface area contributed by atoms with Gasteiger partial charge in [-0.3, -0.25) is 0 Å². The molecule has 0 aromatic heterocycles. The summed E-state index contributed by atoms with van der Waals surface area (Å²) in [5.41, 5.74) is 0.609. The number of carbonyl (C=O) groups is 1. The van der Waals surface area contributed by atoms with Crippen molar-refractivity contribution in [2.24, 2.45) is 5.90 Å². The predicted molar refractivity (Wildman–Crippen MR) is 34.3 cm³/mol. The van der Waals surface area contributed by atoms with Crippen LogP contribution in [0, 0.1) is 0 Å². The van der Waals surface area contributed by atoms with Crippen molar-refractivity contribution in [1.82, 2.24) is 0 Å². The molecular formula is C6H11NO2. The van der Waals surface area contributed by atoms with Crippen LogP contribution in [0.5, 0.6) is 0 Å². The average molecular weight is 129 g/mol. The van der Waals surface area contributed by atoms with E-state index in [1.54, 1.807) is 13.0 Å². The first kappa shape index (κ1) is 8.17. The summed E-state index contributed by atoms with van der Waals surface area (Å²) >= 11 is 0. The van der Waals surface area contributed by atoms with Gasteiger partial charge in [-0.25, -0.2) is 4.79 Å². The summed E-state index contributed by atoms with van der Waals surface area (Å²) in [7, 11) is 0. The first-order chi connectivity index (χ1) is 4.26. The molecular weight excluding hydrogens is 118 g/mol. The van der Waals surface area contributed by atoms with Gasteiger partial charge < -0.3 is 4.84 Å². The van der Waals surface area contributed by atoms with Gasteiger partial charge in [0.2, 0.25) is 0 Å². The van der Waals surface area contributed by atoms with Crippen molar-refractivity contribution < 1.29 is 9.63 Å². The second-order valence-electron chi connectivity index (χ2n) is 1.57. The standard InChI is InChI=1S/C6H11NO2/c1-3-5(4-2)6(8)9-7/h3H,4,7H2,1-2H3. The van der Waals surface area contributed by atoms with Crippen molar-refractivity contribution in [1.29, 1.82) is 0 Å². The van der Waals surface area contributed by atoms with Crippen LogP contribution in [0.1, 0.15) is 20.3 Å². The van der Waals surface area contributed by atoms with E-state index in [0.29, 0.717) is 12.0 Å². The van der Waals surface area contributed by atoms with Crippen LogP contribution in [-0.4, -0.2) is 5.97 Å². The summed E-state index contributed by atoms with van der Waals surface area (Å²) in [5.74, 6) is 4.19. The van der Waals surface area contributed by atoms with Crippen molar-refractivity contribution in [3.63, 3.8) is 0 Å². The predicted octanol–water partition coefficient (Wildman–Crippen LogP) is 0.760. The molecule has 0 atom stereocenters. The molecule has 0 radical (unpaired) electrons. The molecule has 52 valence electrons. The monoisotopic (exact) mass is 129 g/mol. The lowest BCUT2D eigenvalue weighted by molar-refractivity contribution is -0.139. The largest absolute Gasteiger partial charge is 0.370 e. The Bertz CT molecular complexity index is 129. The molecule has 2 N–H and O–H groups in total. The van der Waals surface area contributed by atoms with Gasteiger partial charge in [0.25, 0.3) is 0 Å². The van der Waals surface area contributed by atoms with Gasteiger partial charge in [0.05, 0.1) is 0 Å². The van der Waals surface area contributed by atoms with Gasteiger partial charge in [-0.2, -0.15) is 5.90 Å². The number of carbonyl (C=O) groups excluding carboxylic acids is 1. The quantitative estimate of drug-likeness (QED) is 0.442. The molecule has 0 heterocycles. The SMILES string of the molecule is CC=C(CC)C(=O)ON. The molecule has 0 rings (SSSR count). The van der Waals surface area contributed by atoms with E-state index in [0.717, 1.165) is 0 Å². The van der Waals surface area contributed by atoms with E-state index in [1.807, 2.05) is 6.92 Å². The van der Waals surface area contributed by atoms with Crippen LogP contribution >= 0.6 is 0 Å². The molecule has 0 amide bonds. The van der Waals surface area contributed by atoms with Gasteiger partial charge in [0, 0.05) is 5.57 Å². The molecule has 3 nitrogen and oxygen atoms in total. The number of nitrogens with two attached hydrogens (primary N) is 1. The minimum absolute atomic E-state index is 0.444. The van der Waals surface area contributed by atoms with Crippen LogP contribution in [-0.2, 0) is 9.63 Å². The van der Waals surface area contributed by atoms with Crippen molar-refractivity contribution >= 4 is 5.97 Å². The van der Waals surface area contributed by atoms with Crippen LogP contribution in [0.4, 0.5) is 0 Å². The Kier molecular flexibility index (Phi) is 3.71. The summed E-state index contributed by atoms with van der Waals surface area (Å²) in [6.07, 6.45) is 2.35. The normalized spacial score (nSPS) is 11.2. The minimum atomic E-state index is -0.444. The zero-order valence-corrected chi connectivity index (χ0v) is 5.68. The van der Waals surface area contributed by atoms with Crippen LogP contribution in [0.3, 0.4) is 0 Å². The van der Waals surface area contributed by atoms with E-state index in [2.05, 4.69) is 10.7 Å². The molecule has 0 saturated carbocycles. The van der Waals surface area contributed by atoms with Gasteiger partial charge in [-0.15, -0.1) is 0 Å². The van der Waals surface area contributed by atoms with Crippen molar-refractivity contribution in [3.05, 3.63) is 11.6 Å².